The quantitative estimate of drug-likeness (QED) is 0.579. The molecule has 3 aromatic rings. The van der Waals surface area contributed by atoms with Crippen LogP contribution in [0.1, 0.15) is 31.2 Å². The summed E-state index contributed by atoms with van der Waals surface area (Å²) in [5.41, 5.74) is 1.88. The summed E-state index contributed by atoms with van der Waals surface area (Å²) >= 11 is 0. The van der Waals surface area contributed by atoms with Crippen molar-refractivity contribution in [1.29, 1.82) is 4.78 Å². The second-order valence-corrected chi connectivity index (χ2v) is 10.9. The Morgan fingerprint density at radius 2 is 1.90 bits per heavy atom. The van der Waals surface area contributed by atoms with Crippen molar-refractivity contribution in [1.82, 2.24) is 15.0 Å². The van der Waals surface area contributed by atoms with Gasteiger partial charge in [-0.15, -0.1) is 9.41 Å². The highest BCUT2D eigenvalue weighted by molar-refractivity contribution is 8.00. The van der Waals surface area contributed by atoms with Crippen molar-refractivity contribution < 1.29 is 4.39 Å². The highest BCUT2D eigenvalue weighted by Gasteiger charge is 2.26. The first-order chi connectivity index (χ1) is 13.9. The van der Waals surface area contributed by atoms with E-state index in [1.807, 2.05) is 12.3 Å². The van der Waals surface area contributed by atoms with Gasteiger partial charge in [-0.25, -0.2) is 14.4 Å². The summed E-state index contributed by atoms with van der Waals surface area (Å²) in [6, 6.07) is 9.00. The maximum Gasteiger partial charge on any atom is 0.142 e. The molecule has 0 saturated heterocycles. The van der Waals surface area contributed by atoms with Gasteiger partial charge in [-0.3, -0.25) is 4.78 Å². The first kappa shape index (κ1) is 19.9. The molecule has 7 heteroatoms. The van der Waals surface area contributed by atoms with Crippen LogP contribution >= 0.6 is 0 Å². The summed E-state index contributed by atoms with van der Waals surface area (Å²) < 4.78 is 21.9. The van der Waals surface area contributed by atoms with Crippen LogP contribution in [0.5, 0.6) is 0 Å². The summed E-state index contributed by atoms with van der Waals surface area (Å²) in [7, 11) is 0.402. The molecule has 1 fully saturated rings. The van der Waals surface area contributed by atoms with Gasteiger partial charge < -0.3 is 9.88 Å². The Balaban J connectivity index is 1.35. The number of fused-ring (bicyclic) bond motifs is 1. The number of halogens is 1. The molecule has 29 heavy (non-hydrogen) atoms. The third kappa shape index (κ3) is 4.61. The summed E-state index contributed by atoms with van der Waals surface area (Å²) in [6.07, 6.45) is 7.95. The van der Waals surface area contributed by atoms with Gasteiger partial charge in [0.05, 0.1) is 5.39 Å². The molecule has 2 N–H and O–H groups in total. The molecule has 0 spiro atoms. The Bertz CT molecular complexity index is 1070. The van der Waals surface area contributed by atoms with Crippen LogP contribution in [0.2, 0.25) is 0 Å². The number of hydrogen-bond donors (Lipinski definition) is 2. The Morgan fingerprint density at radius 3 is 2.62 bits per heavy atom. The lowest BCUT2D eigenvalue weighted by molar-refractivity contribution is 0.344. The second-order valence-electron chi connectivity index (χ2n) is 8.21. The number of H-pyrrole nitrogens is 1. The third-order valence-electron chi connectivity index (χ3n) is 5.94. The van der Waals surface area contributed by atoms with Crippen molar-refractivity contribution in [2.24, 2.45) is 5.92 Å². The highest BCUT2D eigenvalue weighted by atomic mass is 32.2. The number of anilines is 1. The highest BCUT2D eigenvalue weighted by Crippen LogP contribution is 2.32. The minimum absolute atomic E-state index is 0.230. The van der Waals surface area contributed by atoms with Gasteiger partial charge in [0.25, 0.3) is 0 Å². The lowest BCUT2D eigenvalue weighted by Gasteiger charge is -2.36. The Labute approximate surface area is 171 Å². The lowest BCUT2D eigenvalue weighted by atomic mass is 9.86. The van der Waals surface area contributed by atoms with Crippen molar-refractivity contribution in [3.8, 4) is 0 Å². The minimum atomic E-state index is -1.72. The van der Waals surface area contributed by atoms with Crippen LogP contribution in [0.4, 0.5) is 10.2 Å². The van der Waals surface area contributed by atoms with Gasteiger partial charge in [0.1, 0.15) is 23.6 Å². The van der Waals surface area contributed by atoms with Crippen LogP contribution in [-0.2, 0) is 15.2 Å². The zero-order valence-corrected chi connectivity index (χ0v) is 17.6. The second kappa shape index (κ2) is 8.14. The predicted octanol–water partition coefficient (Wildman–Crippen LogP) is 4.64. The Morgan fingerprint density at radius 1 is 1.17 bits per heavy atom. The number of aromatic nitrogens is 3. The number of rotatable bonds is 6. The number of nitrogens with zero attached hydrogens (tertiary/aromatic N) is 3. The molecule has 1 aromatic carbocycles. The molecule has 2 heterocycles. The molecule has 0 amide bonds. The number of aromatic amines is 1. The molecule has 1 aliphatic carbocycles. The standard InChI is InChI=1S/C22H28FN5S/c1-28(22-20-11-12-25-21(20)26-15-27-22)19-9-5-17(6-10-19)14-29(2,24)13-16-3-7-18(23)8-4-16/h3-4,7-8,11-12,15,17,19,24H,2,5-6,9-10,13-14H2,1H3,(H,25,26,27). The molecule has 0 radical (unpaired) electrons. The van der Waals surface area contributed by atoms with E-state index in [0.29, 0.717) is 17.7 Å². The van der Waals surface area contributed by atoms with E-state index >= 15 is 0 Å². The molecule has 0 bridgehead atoms. The topological polar surface area (TPSA) is 68.7 Å². The fraction of sp³-hybridized carbons (Fsp3) is 0.409. The summed E-state index contributed by atoms with van der Waals surface area (Å²) in [5.74, 6) is 7.03. The predicted molar refractivity (Wildman–Crippen MR) is 120 cm³/mol. The third-order valence-corrected chi connectivity index (χ3v) is 7.94. The van der Waals surface area contributed by atoms with Gasteiger partial charge in [-0.05, 0) is 55.4 Å². The SMILES string of the molecule is C=S(=N)(Cc1ccc(F)cc1)CC1CCC(N(C)c2ncnc3[nH]ccc23)CC1. The maximum atomic E-state index is 13.1. The lowest BCUT2D eigenvalue weighted by Crippen LogP contribution is -2.37. The van der Waals surface area contributed by atoms with Gasteiger partial charge in [0.2, 0.25) is 0 Å². The van der Waals surface area contributed by atoms with E-state index in [1.165, 1.54) is 12.1 Å². The Kier molecular flexibility index (Phi) is 5.58. The zero-order valence-electron chi connectivity index (χ0n) is 16.8. The smallest absolute Gasteiger partial charge is 0.142 e. The molecular weight excluding hydrogens is 385 g/mol. The zero-order chi connectivity index (χ0) is 20.4. The summed E-state index contributed by atoms with van der Waals surface area (Å²) in [6.45, 7) is 0. The van der Waals surface area contributed by atoms with E-state index in [4.69, 9.17) is 4.78 Å². The van der Waals surface area contributed by atoms with Crippen molar-refractivity contribution in [3.05, 3.63) is 54.2 Å². The normalized spacial score (nSPS) is 21.7. The molecule has 0 aliphatic heterocycles. The molecule has 1 unspecified atom stereocenters. The Hall–Kier alpha value is -2.41. The fourth-order valence-electron chi connectivity index (χ4n) is 4.42. The van der Waals surface area contributed by atoms with E-state index < -0.39 is 9.41 Å². The van der Waals surface area contributed by atoms with Crippen molar-refractivity contribution in [3.63, 3.8) is 0 Å². The van der Waals surface area contributed by atoms with Gasteiger partial charge in [0, 0.05) is 30.8 Å². The largest absolute Gasteiger partial charge is 0.356 e. The summed E-state index contributed by atoms with van der Waals surface area (Å²) in [5, 5.41) is 1.06. The molecular formula is C22H28FN5S. The maximum absolute atomic E-state index is 13.1. The fourth-order valence-corrected chi connectivity index (χ4v) is 6.61. The van der Waals surface area contributed by atoms with Gasteiger partial charge in [-0.1, -0.05) is 18.0 Å². The van der Waals surface area contributed by atoms with E-state index in [-0.39, 0.29) is 5.82 Å². The van der Waals surface area contributed by atoms with Crippen LogP contribution in [0.25, 0.3) is 11.0 Å². The number of nitrogens with one attached hydrogen (secondary N) is 2. The van der Waals surface area contributed by atoms with E-state index in [9.17, 15) is 4.39 Å². The molecule has 2 aromatic heterocycles. The van der Waals surface area contributed by atoms with Crippen LogP contribution in [0.15, 0.2) is 42.9 Å². The van der Waals surface area contributed by atoms with Gasteiger partial charge >= 0.3 is 0 Å². The molecule has 154 valence electrons. The average molecular weight is 414 g/mol. The first-order valence-electron chi connectivity index (χ1n) is 10.0. The van der Waals surface area contributed by atoms with E-state index in [0.717, 1.165) is 53.9 Å². The summed E-state index contributed by atoms with van der Waals surface area (Å²) in [4.78, 5) is 14.2. The molecule has 5 nitrogen and oxygen atoms in total. The van der Waals surface area contributed by atoms with Crippen LogP contribution in [-0.4, -0.2) is 39.7 Å². The molecule has 1 atom stereocenters. The monoisotopic (exact) mass is 413 g/mol. The molecule has 1 aliphatic rings. The number of hydrogen-bond acceptors (Lipinski definition) is 4. The average Bonchev–Trinajstić information content (AvgIpc) is 3.18. The van der Waals surface area contributed by atoms with Crippen LogP contribution in [0, 0.1) is 16.5 Å². The van der Waals surface area contributed by atoms with Crippen LogP contribution in [0.3, 0.4) is 0 Å². The minimum Gasteiger partial charge on any atom is -0.356 e. The van der Waals surface area contributed by atoms with E-state index in [1.54, 1.807) is 18.5 Å². The van der Waals surface area contributed by atoms with Crippen LogP contribution < -0.4 is 4.90 Å². The first-order valence-corrected chi connectivity index (χ1v) is 12.2. The van der Waals surface area contributed by atoms with Crippen molar-refractivity contribution in [2.75, 3.05) is 17.7 Å². The molecule has 1 saturated carbocycles. The van der Waals surface area contributed by atoms with Gasteiger partial charge in [0.15, 0.2) is 0 Å². The van der Waals surface area contributed by atoms with Crippen molar-refractivity contribution >= 4 is 32.1 Å². The van der Waals surface area contributed by atoms with Crippen molar-refractivity contribution in [2.45, 2.75) is 37.5 Å². The number of benzene rings is 1. The van der Waals surface area contributed by atoms with E-state index in [2.05, 4.69) is 32.8 Å². The van der Waals surface area contributed by atoms with Gasteiger partial charge in [-0.2, -0.15) is 0 Å². The molecule has 4 rings (SSSR count).